The van der Waals surface area contributed by atoms with Crippen LogP contribution in [-0.2, 0) is 0 Å². The number of hydrogen-bond donors (Lipinski definition) is 0. The lowest BCUT2D eigenvalue weighted by atomic mass is 10.1. The maximum absolute atomic E-state index is 11.4. The Balaban J connectivity index is 2.67. The van der Waals surface area contributed by atoms with Crippen LogP contribution in [0.25, 0.3) is 0 Å². The maximum Gasteiger partial charge on any atom is 0.164 e. The standard InChI is InChI=1S/C11H13ClO2/c1-2-14-10-5-3-9(4-6-10)11(13)7-8-12/h3-6H,2,7-8H2,1H3. The summed E-state index contributed by atoms with van der Waals surface area (Å²) in [7, 11) is 0. The summed E-state index contributed by atoms with van der Waals surface area (Å²) in [5.41, 5.74) is 0.689. The third-order valence-electron chi connectivity index (χ3n) is 1.81. The molecule has 0 radical (unpaired) electrons. The van der Waals surface area contributed by atoms with Crippen LogP contribution in [0.5, 0.6) is 5.75 Å². The summed E-state index contributed by atoms with van der Waals surface area (Å²) in [6.07, 6.45) is 0.384. The van der Waals surface area contributed by atoms with Gasteiger partial charge >= 0.3 is 0 Å². The molecule has 0 aliphatic rings. The van der Waals surface area contributed by atoms with Gasteiger partial charge in [-0.2, -0.15) is 0 Å². The van der Waals surface area contributed by atoms with Crippen LogP contribution in [0, 0.1) is 0 Å². The predicted octanol–water partition coefficient (Wildman–Crippen LogP) is 2.90. The Morgan fingerprint density at radius 1 is 1.36 bits per heavy atom. The number of alkyl halides is 1. The van der Waals surface area contributed by atoms with E-state index in [0.717, 1.165) is 5.75 Å². The van der Waals surface area contributed by atoms with Gasteiger partial charge in [0.2, 0.25) is 0 Å². The number of carbonyl (C=O) groups is 1. The molecule has 0 bridgehead atoms. The summed E-state index contributed by atoms with van der Waals surface area (Å²) in [5, 5.41) is 0. The smallest absolute Gasteiger partial charge is 0.164 e. The van der Waals surface area contributed by atoms with Crippen LogP contribution in [0.1, 0.15) is 23.7 Å². The summed E-state index contributed by atoms with van der Waals surface area (Å²) < 4.78 is 5.26. The molecular weight excluding hydrogens is 200 g/mol. The molecule has 1 aromatic rings. The average molecular weight is 213 g/mol. The summed E-state index contributed by atoms with van der Waals surface area (Å²) in [4.78, 5) is 11.4. The number of ketones is 1. The summed E-state index contributed by atoms with van der Waals surface area (Å²) in [5.74, 6) is 1.23. The molecule has 76 valence electrons. The minimum absolute atomic E-state index is 0.0723. The Morgan fingerprint density at radius 2 is 2.00 bits per heavy atom. The van der Waals surface area contributed by atoms with E-state index in [-0.39, 0.29) is 5.78 Å². The number of Topliss-reactive ketones (excluding diaryl/α,β-unsaturated/α-hetero) is 1. The fraction of sp³-hybridized carbons (Fsp3) is 0.364. The quantitative estimate of drug-likeness (QED) is 0.554. The second kappa shape index (κ2) is 5.66. The van der Waals surface area contributed by atoms with Crippen LogP contribution >= 0.6 is 11.6 Å². The highest BCUT2D eigenvalue weighted by Gasteiger charge is 2.04. The Kier molecular flexibility index (Phi) is 4.47. The van der Waals surface area contributed by atoms with E-state index < -0.39 is 0 Å². The van der Waals surface area contributed by atoms with Crippen molar-refractivity contribution in [2.24, 2.45) is 0 Å². The highest BCUT2D eigenvalue weighted by molar-refractivity contribution is 6.19. The van der Waals surface area contributed by atoms with Crippen LogP contribution in [0.4, 0.5) is 0 Å². The third kappa shape index (κ3) is 3.04. The van der Waals surface area contributed by atoms with E-state index in [1.165, 1.54) is 0 Å². The van der Waals surface area contributed by atoms with E-state index >= 15 is 0 Å². The SMILES string of the molecule is CCOc1ccc(C(=O)CCCl)cc1. The van der Waals surface area contributed by atoms with Gasteiger partial charge in [-0.05, 0) is 31.2 Å². The van der Waals surface area contributed by atoms with Gasteiger partial charge in [-0.3, -0.25) is 4.79 Å². The highest BCUT2D eigenvalue weighted by Crippen LogP contribution is 2.13. The van der Waals surface area contributed by atoms with Gasteiger partial charge in [0.05, 0.1) is 6.61 Å². The highest BCUT2D eigenvalue weighted by atomic mass is 35.5. The Morgan fingerprint density at radius 3 is 2.50 bits per heavy atom. The molecule has 0 atom stereocenters. The molecule has 3 heteroatoms. The fourth-order valence-corrected chi connectivity index (χ4v) is 1.31. The maximum atomic E-state index is 11.4. The summed E-state index contributed by atoms with van der Waals surface area (Å²) in [6, 6.07) is 7.12. The van der Waals surface area contributed by atoms with Crippen molar-refractivity contribution < 1.29 is 9.53 Å². The van der Waals surface area contributed by atoms with Gasteiger partial charge in [0.15, 0.2) is 5.78 Å². The molecule has 0 aromatic heterocycles. The first kappa shape index (κ1) is 11.1. The molecule has 0 unspecified atom stereocenters. The minimum Gasteiger partial charge on any atom is -0.494 e. The van der Waals surface area contributed by atoms with Gasteiger partial charge in [-0.15, -0.1) is 11.6 Å². The molecule has 14 heavy (non-hydrogen) atoms. The molecule has 1 aromatic carbocycles. The van der Waals surface area contributed by atoms with Crippen LogP contribution in [-0.4, -0.2) is 18.3 Å². The van der Waals surface area contributed by atoms with Crippen molar-refractivity contribution in [3.8, 4) is 5.75 Å². The van der Waals surface area contributed by atoms with Gasteiger partial charge in [0.1, 0.15) is 5.75 Å². The van der Waals surface area contributed by atoms with Crippen LogP contribution < -0.4 is 4.74 Å². The van der Waals surface area contributed by atoms with Crippen molar-refractivity contribution >= 4 is 17.4 Å². The Bertz CT molecular complexity index is 293. The number of hydrogen-bond acceptors (Lipinski definition) is 2. The zero-order valence-electron chi connectivity index (χ0n) is 8.13. The van der Waals surface area contributed by atoms with E-state index in [0.29, 0.717) is 24.5 Å². The third-order valence-corrected chi connectivity index (χ3v) is 2.00. The van der Waals surface area contributed by atoms with E-state index in [4.69, 9.17) is 16.3 Å². The molecule has 0 amide bonds. The molecular formula is C11H13ClO2. The number of carbonyl (C=O) groups excluding carboxylic acids is 1. The predicted molar refractivity (Wildman–Crippen MR) is 57.3 cm³/mol. The molecule has 1 rings (SSSR count). The Hall–Kier alpha value is -1.02. The molecule has 0 heterocycles. The van der Waals surface area contributed by atoms with Crippen molar-refractivity contribution in [3.63, 3.8) is 0 Å². The van der Waals surface area contributed by atoms with Gasteiger partial charge in [0.25, 0.3) is 0 Å². The second-order valence-electron chi connectivity index (χ2n) is 2.82. The molecule has 0 saturated carbocycles. The van der Waals surface area contributed by atoms with Crippen molar-refractivity contribution in [2.45, 2.75) is 13.3 Å². The number of halogens is 1. The average Bonchev–Trinajstić information content (AvgIpc) is 2.20. The molecule has 0 aliphatic carbocycles. The number of rotatable bonds is 5. The number of ether oxygens (including phenoxy) is 1. The van der Waals surface area contributed by atoms with E-state index in [2.05, 4.69) is 0 Å². The van der Waals surface area contributed by atoms with E-state index in [1.54, 1.807) is 24.3 Å². The van der Waals surface area contributed by atoms with Crippen LogP contribution in [0.3, 0.4) is 0 Å². The molecule has 0 fully saturated rings. The fourth-order valence-electron chi connectivity index (χ4n) is 1.13. The van der Waals surface area contributed by atoms with Crippen LogP contribution in [0.2, 0.25) is 0 Å². The van der Waals surface area contributed by atoms with E-state index in [1.807, 2.05) is 6.92 Å². The monoisotopic (exact) mass is 212 g/mol. The second-order valence-corrected chi connectivity index (χ2v) is 3.20. The summed E-state index contributed by atoms with van der Waals surface area (Å²) in [6.45, 7) is 2.56. The first-order valence-corrected chi connectivity index (χ1v) is 5.13. The van der Waals surface area contributed by atoms with Gasteiger partial charge in [0, 0.05) is 17.9 Å². The molecule has 2 nitrogen and oxygen atoms in total. The molecule has 0 N–H and O–H groups in total. The van der Waals surface area contributed by atoms with Gasteiger partial charge < -0.3 is 4.74 Å². The van der Waals surface area contributed by atoms with E-state index in [9.17, 15) is 4.79 Å². The molecule has 0 aliphatic heterocycles. The van der Waals surface area contributed by atoms with Crippen molar-refractivity contribution in [1.82, 2.24) is 0 Å². The lowest BCUT2D eigenvalue weighted by molar-refractivity contribution is 0.0989. The normalized spacial score (nSPS) is 9.86. The molecule has 0 spiro atoms. The van der Waals surface area contributed by atoms with Crippen molar-refractivity contribution in [3.05, 3.63) is 29.8 Å². The lowest BCUT2D eigenvalue weighted by Gasteiger charge is -2.03. The lowest BCUT2D eigenvalue weighted by Crippen LogP contribution is -1.99. The topological polar surface area (TPSA) is 26.3 Å². The Labute approximate surface area is 88.8 Å². The van der Waals surface area contributed by atoms with Crippen molar-refractivity contribution in [2.75, 3.05) is 12.5 Å². The largest absolute Gasteiger partial charge is 0.494 e. The zero-order chi connectivity index (χ0) is 10.4. The minimum atomic E-state index is 0.0723. The van der Waals surface area contributed by atoms with Gasteiger partial charge in [-0.1, -0.05) is 0 Å². The summed E-state index contributed by atoms with van der Waals surface area (Å²) >= 11 is 5.48. The first-order valence-electron chi connectivity index (χ1n) is 4.60. The van der Waals surface area contributed by atoms with Crippen molar-refractivity contribution in [1.29, 1.82) is 0 Å². The first-order chi connectivity index (χ1) is 6.77. The zero-order valence-corrected chi connectivity index (χ0v) is 8.88. The van der Waals surface area contributed by atoms with Gasteiger partial charge in [-0.25, -0.2) is 0 Å². The molecule has 0 saturated heterocycles. The van der Waals surface area contributed by atoms with Crippen LogP contribution in [0.15, 0.2) is 24.3 Å². The number of benzene rings is 1.